The Bertz CT molecular complexity index is 584. The number of anilines is 2. The number of carbonyl (C=O) groups is 1. The summed E-state index contributed by atoms with van der Waals surface area (Å²) in [7, 11) is 1.61. The summed E-state index contributed by atoms with van der Waals surface area (Å²) < 4.78 is 0. The molecule has 0 unspecified atom stereocenters. The van der Waals surface area contributed by atoms with Crippen molar-refractivity contribution in [3.05, 3.63) is 53.9 Å². The van der Waals surface area contributed by atoms with Crippen molar-refractivity contribution >= 4 is 17.3 Å². The summed E-state index contributed by atoms with van der Waals surface area (Å²) in [5, 5.41) is 5.85. The van der Waals surface area contributed by atoms with Crippen molar-refractivity contribution in [3.63, 3.8) is 0 Å². The van der Waals surface area contributed by atoms with Gasteiger partial charge in [0.25, 0.3) is 5.91 Å². The number of nitrogens with one attached hydrogen (secondary N) is 2. The molecule has 5 nitrogen and oxygen atoms in total. The number of carbonyl (C=O) groups excluding carboxylic acids is 1. The van der Waals surface area contributed by atoms with Gasteiger partial charge in [0.05, 0.1) is 5.56 Å². The fraction of sp³-hybridized carbons (Fsp3) is 0.200. The molecule has 20 heavy (non-hydrogen) atoms. The van der Waals surface area contributed by atoms with Crippen molar-refractivity contribution in [2.45, 2.75) is 6.42 Å². The van der Waals surface area contributed by atoms with Crippen LogP contribution in [0.5, 0.6) is 0 Å². The van der Waals surface area contributed by atoms with Gasteiger partial charge in [0, 0.05) is 43.3 Å². The van der Waals surface area contributed by atoms with Gasteiger partial charge >= 0.3 is 0 Å². The van der Waals surface area contributed by atoms with Crippen molar-refractivity contribution < 1.29 is 4.79 Å². The third-order valence-electron chi connectivity index (χ3n) is 2.94. The lowest BCUT2D eigenvalue weighted by Gasteiger charge is -2.12. The van der Waals surface area contributed by atoms with Gasteiger partial charge < -0.3 is 16.4 Å². The minimum atomic E-state index is -0.134. The van der Waals surface area contributed by atoms with Crippen LogP contribution >= 0.6 is 0 Å². The summed E-state index contributed by atoms with van der Waals surface area (Å²) in [6.07, 6.45) is 2.55. The van der Waals surface area contributed by atoms with Crippen molar-refractivity contribution in [2.75, 3.05) is 24.6 Å². The molecule has 0 aliphatic heterocycles. The summed E-state index contributed by atoms with van der Waals surface area (Å²) in [5.74, 6) is -0.134. The number of nitrogen functional groups attached to an aromatic ring is 1. The smallest absolute Gasteiger partial charge is 0.253 e. The van der Waals surface area contributed by atoms with E-state index in [0.717, 1.165) is 17.8 Å². The monoisotopic (exact) mass is 270 g/mol. The van der Waals surface area contributed by atoms with Gasteiger partial charge in [-0.05, 0) is 30.3 Å². The van der Waals surface area contributed by atoms with E-state index >= 15 is 0 Å². The molecule has 2 rings (SSSR count). The van der Waals surface area contributed by atoms with Crippen LogP contribution in [0.25, 0.3) is 0 Å². The highest BCUT2D eigenvalue weighted by Gasteiger charge is 2.09. The Balaban J connectivity index is 2.05. The maximum Gasteiger partial charge on any atom is 0.253 e. The standard InChI is InChI=1S/C15H18N4O/c1-17-15(20)13-6-5-11(16)10-14(13)19-9-7-12-4-2-3-8-18-12/h2-6,8,10,19H,7,9,16H2,1H3,(H,17,20). The minimum Gasteiger partial charge on any atom is -0.399 e. The van der Waals surface area contributed by atoms with Gasteiger partial charge in [0.1, 0.15) is 0 Å². The van der Waals surface area contributed by atoms with Crippen LogP contribution in [0.15, 0.2) is 42.6 Å². The highest BCUT2D eigenvalue weighted by molar-refractivity contribution is 6.00. The van der Waals surface area contributed by atoms with E-state index in [9.17, 15) is 4.79 Å². The van der Waals surface area contributed by atoms with Crippen LogP contribution in [-0.4, -0.2) is 24.5 Å². The number of hydrogen-bond acceptors (Lipinski definition) is 4. The van der Waals surface area contributed by atoms with E-state index in [1.165, 1.54) is 0 Å². The molecular formula is C15H18N4O. The number of benzene rings is 1. The summed E-state index contributed by atoms with van der Waals surface area (Å²) in [6.45, 7) is 0.685. The number of rotatable bonds is 5. The lowest BCUT2D eigenvalue weighted by Crippen LogP contribution is -2.20. The SMILES string of the molecule is CNC(=O)c1ccc(N)cc1NCCc1ccccn1. The van der Waals surface area contributed by atoms with Gasteiger partial charge in [-0.25, -0.2) is 0 Å². The Hall–Kier alpha value is -2.56. The first kappa shape index (κ1) is 13.9. The normalized spacial score (nSPS) is 10.1. The van der Waals surface area contributed by atoms with Gasteiger partial charge in [0.2, 0.25) is 0 Å². The van der Waals surface area contributed by atoms with Crippen LogP contribution in [0.2, 0.25) is 0 Å². The van der Waals surface area contributed by atoms with Gasteiger partial charge in [0.15, 0.2) is 0 Å². The maximum absolute atomic E-state index is 11.8. The van der Waals surface area contributed by atoms with Crippen LogP contribution in [0, 0.1) is 0 Å². The van der Waals surface area contributed by atoms with Crippen molar-refractivity contribution in [3.8, 4) is 0 Å². The molecule has 0 aliphatic carbocycles. The molecule has 1 heterocycles. The summed E-state index contributed by atoms with van der Waals surface area (Å²) in [6, 6.07) is 11.0. The fourth-order valence-electron chi connectivity index (χ4n) is 1.91. The highest BCUT2D eigenvalue weighted by Crippen LogP contribution is 2.19. The second kappa shape index (κ2) is 6.56. The quantitative estimate of drug-likeness (QED) is 0.722. The van der Waals surface area contributed by atoms with E-state index in [1.807, 2.05) is 18.2 Å². The van der Waals surface area contributed by atoms with E-state index in [-0.39, 0.29) is 5.91 Å². The molecule has 0 bridgehead atoms. The number of amides is 1. The molecule has 0 aliphatic rings. The number of pyridine rings is 1. The van der Waals surface area contributed by atoms with Crippen LogP contribution in [0.3, 0.4) is 0 Å². The van der Waals surface area contributed by atoms with Crippen LogP contribution in [0.1, 0.15) is 16.1 Å². The molecule has 5 heteroatoms. The molecule has 0 saturated carbocycles. The van der Waals surface area contributed by atoms with Gasteiger partial charge in [-0.15, -0.1) is 0 Å². The molecule has 4 N–H and O–H groups in total. The van der Waals surface area contributed by atoms with Crippen LogP contribution in [-0.2, 0) is 6.42 Å². The number of hydrogen-bond donors (Lipinski definition) is 3. The number of nitrogens with two attached hydrogens (primary N) is 1. The van der Waals surface area contributed by atoms with Crippen molar-refractivity contribution in [1.82, 2.24) is 10.3 Å². The zero-order valence-electron chi connectivity index (χ0n) is 11.4. The lowest BCUT2D eigenvalue weighted by atomic mass is 10.1. The van der Waals surface area contributed by atoms with E-state index in [0.29, 0.717) is 17.8 Å². The predicted octanol–water partition coefficient (Wildman–Crippen LogP) is 1.68. The Morgan fingerprint density at radius 3 is 2.85 bits per heavy atom. The molecule has 1 amide bonds. The Kier molecular flexibility index (Phi) is 4.55. The minimum absolute atomic E-state index is 0.134. The first-order valence-corrected chi connectivity index (χ1v) is 6.46. The second-order valence-corrected chi connectivity index (χ2v) is 4.38. The highest BCUT2D eigenvalue weighted by atomic mass is 16.1. The predicted molar refractivity (Wildman–Crippen MR) is 80.7 cm³/mol. The Labute approximate surface area is 118 Å². The summed E-state index contributed by atoms with van der Waals surface area (Å²) in [5.41, 5.74) is 8.72. The first-order chi connectivity index (χ1) is 9.70. The molecular weight excluding hydrogens is 252 g/mol. The zero-order chi connectivity index (χ0) is 14.4. The van der Waals surface area contributed by atoms with E-state index < -0.39 is 0 Å². The molecule has 104 valence electrons. The van der Waals surface area contributed by atoms with E-state index in [1.54, 1.807) is 31.4 Å². The number of nitrogens with zero attached hydrogens (tertiary/aromatic N) is 1. The molecule has 0 fully saturated rings. The van der Waals surface area contributed by atoms with Crippen molar-refractivity contribution in [1.29, 1.82) is 0 Å². The topological polar surface area (TPSA) is 80.0 Å². The maximum atomic E-state index is 11.8. The van der Waals surface area contributed by atoms with Gasteiger partial charge in [-0.2, -0.15) is 0 Å². The third-order valence-corrected chi connectivity index (χ3v) is 2.94. The molecule has 0 spiro atoms. The largest absolute Gasteiger partial charge is 0.399 e. The molecule has 0 atom stereocenters. The zero-order valence-corrected chi connectivity index (χ0v) is 11.4. The van der Waals surface area contributed by atoms with Gasteiger partial charge in [-0.1, -0.05) is 6.07 Å². The van der Waals surface area contributed by atoms with Gasteiger partial charge in [-0.3, -0.25) is 9.78 Å². The number of aromatic nitrogens is 1. The fourth-order valence-corrected chi connectivity index (χ4v) is 1.91. The molecule has 2 aromatic rings. The average molecular weight is 270 g/mol. The molecule has 1 aromatic heterocycles. The molecule has 0 radical (unpaired) electrons. The van der Waals surface area contributed by atoms with E-state index in [4.69, 9.17) is 5.73 Å². The summed E-state index contributed by atoms with van der Waals surface area (Å²) >= 11 is 0. The molecule has 0 saturated heterocycles. The molecule has 1 aromatic carbocycles. The second-order valence-electron chi connectivity index (χ2n) is 4.38. The Morgan fingerprint density at radius 1 is 1.30 bits per heavy atom. The van der Waals surface area contributed by atoms with Crippen LogP contribution in [0.4, 0.5) is 11.4 Å². The van der Waals surface area contributed by atoms with Crippen molar-refractivity contribution in [2.24, 2.45) is 0 Å². The lowest BCUT2D eigenvalue weighted by molar-refractivity contribution is 0.0964. The average Bonchev–Trinajstić information content (AvgIpc) is 2.48. The first-order valence-electron chi connectivity index (χ1n) is 6.46. The van der Waals surface area contributed by atoms with E-state index in [2.05, 4.69) is 15.6 Å². The Morgan fingerprint density at radius 2 is 2.15 bits per heavy atom. The third kappa shape index (κ3) is 3.47. The van der Waals surface area contributed by atoms with Crippen LogP contribution < -0.4 is 16.4 Å². The summed E-state index contributed by atoms with van der Waals surface area (Å²) in [4.78, 5) is 16.0.